The molecule has 0 aliphatic rings. The van der Waals surface area contributed by atoms with Crippen LogP contribution in [0.1, 0.15) is 33.1 Å². The molecule has 0 aliphatic heterocycles. The van der Waals surface area contributed by atoms with Crippen LogP contribution in [-0.4, -0.2) is 12.4 Å². The first kappa shape index (κ1) is 9.63. The van der Waals surface area contributed by atoms with Gasteiger partial charge in [0.25, 0.3) is 0 Å². The number of hydrogen-bond donors (Lipinski definition) is 0. The van der Waals surface area contributed by atoms with Crippen molar-refractivity contribution in [2.75, 3.05) is 6.61 Å². The van der Waals surface area contributed by atoms with Crippen LogP contribution in [0.25, 0.3) is 0 Å². The zero-order valence-corrected chi connectivity index (χ0v) is 6.72. The van der Waals surface area contributed by atoms with Crippen LogP contribution >= 0.6 is 0 Å². The summed E-state index contributed by atoms with van der Waals surface area (Å²) in [6.45, 7) is 3.77. The van der Waals surface area contributed by atoms with E-state index in [-0.39, 0.29) is 18.3 Å². The minimum atomic E-state index is -0.123. The van der Waals surface area contributed by atoms with E-state index in [9.17, 15) is 9.90 Å². The Morgan fingerprint density at radius 2 is 2.10 bits per heavy atom. The molecule has 59 valence electrons. The van der Waals surface area contributed by atoms with Crippen molar-refractivity contribution in [3.63, 3.8) is 0 Å². The van der Waals surface area contributed by atoms with E-state index in [4.69, 9.17) is 0 Å². The molecule has 0 aromatic carbocycles. The topological polar surface area (TPSA) is 37.0 Å². The largest absolute Gasteiger partial charge is 0.299 e. The highest BCUT2D eigenvalue weighted by molar-refractivity contribution is 5.80. The lowest BCUT2D eigenvalue weighted by molar-refractivity contribution is -0.122. The third-order valence-corrected chi connectivity index (χ3v) is 1.73. The van der Waals surface area contributed by atoms with Crippen LogP contribution in [0, 0.1) is 5.92 Å². The molecular formula is C8H15O2. The predicted octanol–water partition coefficient (Wildman–Crippen LogP) is 1.81. The van der Waals surface area contributed by atoms with Crippen molar-refractivity contribution in [2.45, 2.75) is 33.1 Å². The fourth-order valence-electron chi connectivity index (χ4n) is 0.720. The molecule has 0 aliphatic carbocycles. The quantitative estimate of drug-likeness (QED) is 0.578. The lowest BCUT2D eigenvalue weighted by atomic mass is 10.0. The number of Topliss-reactive ketones (excluding diaryl/α,β-unsaturated/α-hetero) is 1. The summed E-state index contributed by atoms with van der Waals surface area (Å²) in [6, 6.07) is 0. The van der Waals surface area contributed by atoms with Gasteiger partial charge in [0.05, 0.1) is 6.61 Å². The van der Waals surface area contributed by atoms with E-state index in [1.54, 1.807) is 0 Å². The Hall–Kier alpha value is -0.370. The SMILES string of the molecule is CCC(C)C(=O)CCC[O]. The van der Waals surface area contributed by atoms with Crippen LogP contribution < -0.4 is 0 Å². The van der Waals surface area contributed by atoms with Crippen LogP contribution in [0.15, 0.2) is 0 Å². The monoisotopic (exact) mass is 143 g/mol. The van der Waals surface area contributed by atoms with E-state index in [2.05, 4.69) is 0 Å². The fraction of sp³-hybridized carbons (Fsp3) is 0.875. The first-order chi connectivity index (χ1) is 4.72. The van der Waals surface area contributed by atoms with Crippen molar-refractivity contribution in [3.05, 3.63) is 0 Å². The molecule has 0 heterocycles. The molecule has 2 heteroatoms. The maximum Gasteiger partial charge on any atom is 0.135 e. The summed E-state index contributed by atoms with van der Waals surface area (Å²) < 4.78 is 0. The third kappa shape index (κ3) is 3.62. The van der Waals surface area contributed by atoms with Gasteiger partial charge in [-0.25, -0.2) is 5.11 Å². The number of carbonyl (C=O) groups excluding carboxylic acids is 1. The van der Waals surface area contributed by atoms with E-state index < -0.39 is 0 Å². The average molecular weight is 143 g/mol. The normalized spacial score (nSPS) is 13.1. The molecule has 1 unspecified atom stereocenters. The van der Waals surface area contributed by atoms with Crippen LogP contribution in [-0.2, 0) is 9.90 Å². The van der Waals surface area contributed by atoms with Gasteiger partial charge in [-0.1, -0.05) is 13.8 Å². The number of rotatable bonds is 5. The molecule has 1 radical (unpaired) electrons. The summed E-state index contributed by atoms with van der Waals surface area (Å²) in [5, 5.41) is 9.99. The zero-order chi connectivity index (χ0) is 7.98. The van der Waals surface area contributed by atoms with Crippen molar-refractivity contribution in [3.8, 4) is 0 Å². The Kier molecular flexibility index (Phi) is 5.22. The smallest absolute Gasteiger partial charge is 0.135 e. The summed E-state index contributed by atoms with van der Waals surface area (Å²) in [5.41, 5.74) is 0. The molecule has 0 saturated heterocycles. The molecule has 10 heavy (non-hydrogen) atoms. The van der Waals surface area contributed by atoms with Crippen molar-refractivity contribution in [2.24, 2.45) is 5.92 Å². The average Bonchev–Trinajstić information content (AvgIpc) is 1.98. The molecule has 1 atom stereocenters. The second-order valence-electron chi connectivity index (χ2n) is 2.58. The lowest BCUT2D eigenvalue weighted by Gasteiger charge is -2.04. The number of hydrogen-bond acceptors (Lipinski definition) is 1. The van der Waals surface area contributed by atoms with Crippen molar-refractivity contribution in [1.29, 1.82) is 0 Å². The van der Waals surface area contributed by atoms with Gasteiger partial charge in [-0.2, -0.15) is 0 Å². The Morgan fingerprint density at radius 1 is 1.50 bits per heavy atom. The Morgan fingerprint density at radius 3 is 2.50 bits per heavy atom. The third-order valence-electron chi connectivity index (χ3n) is 1.73. The first-order valence-corrected chi connectivity index (χ1v) is 3.83. The minimum absolute atomic E-state index is 0.123. The molecule has 0 aromatic heterocycles. The first-order valence-electron chi connectivity index (χ1n) is 3.83. The minimum Gasteiger partial charge on any atom is -0.299 e. The van der Waals surface area contributed by atoms with Crippen LogP contribution in [0.2, 0.25) is 0 Å². The number of ketones is 1. The maximum absolute atomic E-state index is 11.0. The molecule has 0 aromatic rings. The van der Waals surface area contributed by atoms with Gasteiger partial charge < -0.3 is 0 Å². The second-order valence-corrected chi connectivity index (χ2v) is 2.58. The molecule has 0 bridgehead atoms. The maximum atomic E-state index is 11.0. The summed E-state index contributed by atoms with van der Waals surface area (Å²) >= 11 is 0. The molecule has 2 nitrogen and oxygen atoms in total. The molecule has 0 saturated carbocycles. The van der Waals surface area contributed by atoms with Gasteiger partial charge in [0.2, 0.25) is 0 Å². The fourth-order valence-corrected chi connectivity index (χ4v) is 0.720. The summed E-state index contributed by atoms with van der Waals surface area (Å²) in [6.07, 6.45) is 1.86. The Bertz CT molecular complexity index is 99.4. The highest BCUT2D eigenvalue weighted by Gasteiger charge is 2.08. The predicted molar refractivity (Wildman–Crippen MR) is 39.2 cm³/mol. The molecular weight excluding hydrogens is 128 g/mol. The molecule has 0 rings (SSSR count). The Labute approximate surface area is 62.2 Å². The van der Waals surface area contributed by atoms with Gasteiger partial charge in [-0.15, -0.1) is 0 Å². The van der Waals surface area contributed by atoms with Gasteiger partial charge >= 0.3 is 0 Å². The summed E-state index contributed by atoms with van der Waals surface area (Å²) in [7, 11) is 0. The van der Waals surface area contributed by atoms with E-state index in [0.717, 1.165) is 6.42 Å². The van der Waals surface area contributed by atoms with Crippen molar-refractivity contribution < 1.29 is 9.90 Å². The highest BCUT2D eigenvalue weighted by Crippen LogP contribution is 2.06. The van der Waals surface area contributed by atoms with Gasteiger partial charge in [-0.05, 0) is 12.8 Å². The lowest BCUT2D eigenvalue weighted by Crippen LogP contribution is -2.09. The van der Waals surface area contributed by atoms with Crippen molar-refractivity contribution >= 4 is 5.78 Å². The Balaban J connectivity index is 3.42. The second kappa shape index (κ2) is 5.42. The van der Waals surface area contributed by atoms with Crippen LogP contribution in [0.4, 0.5) is 0 Å². The van der Waals surface area contributed by atoms with E-state index in [1.807, 2.05) is 13.8 Å². The van der Waals surface area contributed by atoms with Crippen molar-refractivity contribution in [1.82, 2.24) is 0 Å². The molecule has 0 spiro atoms. The standard InChI is InChI=1S/C8H15O2/c1-3-7(2)8(10)5-4-6-9/h7H,3-6H2,1-2H3. The summed E-state index contributed by atoms with van der Waals surface area (Å²) in [4.78, 5) is 11.0. The zero-order valence-electron chi connectivity index (χ0n) is 6.72. The van der Waals surface area contributed by atoms with E-state index >= 15 is 0 Å². The van der Waals surface area contributed by atoms with Crippen LogP contribution in [0.5, 0.6) is 0 Å². The highest BCUT2D eigenvalue weighted by atomic mass is 16.3. The summed E-state index contributed by atoms with van der Waals surface area (Å²) in [5.74, 6) is 0.380. The molecule has 0 N–H and O–H groups in total. The van der Waals surface area contributed by atoms with E-state index in [1.165, 1.54) is 0 Å². The van der Waals surface area contributed by atoms with Crippen LogP contribution in [0.3, 0.4) is 0 Å². The van der Waals surface area contributed by atoms with Gasteiger partial charge in [-0.3, -0.25) is 4.79 Å². The van der Waals surface area contributed by atoms with E-state index in [0.29, 0.717) is 12.8 Å². The molecule has 0 fully saturated rings. The van der Waals surface area contributed by atoms with Gasteiger partial charge in [0.15, 0.2) is 0 Å². The number of carbonyl (C=O) groups is 1. The van der Waals surface area contributed by atoms with Gasteiger partial charge in [0, 0.05) is 12.3 Å². The molecule has 0 amide bonds. The van der Waals surface area contributed by atoms with Gasteiger partial charge in [0.1, 0.15) is 5.78 Å².